The molecule has 0 aliphatic rings. The molecule has 0 aliphatic heterocycles. The standard InChI is InChI=1S/C12H21N3/c1-8(2)6-9(3)14-12-11(5)13-7-10(4)15-12/h7-9H,6H2,1-5H3,(H,14,15). The lowest BCUT2D eigenvalue weighted by Crippen LogP contribution is -2.19. The van der Waals surface area contributed by atoms with Crippen molar-refractivity contribution in [3.05, 3.63) is 17.6 Å². The van der Waals surface area contributed by atoms with Crippen LogP contribution in [0, 0.1) is 19.8 Å². The summed E-state index contributed by atoms with van der Waals surface area (Å²) >= 11 is 0. The minimum atomic E-state index is 0.444. The van der Waals surface area contributed by atoms with Gasteiger partial charge in [-0.25, -0.2) is 4.98 Å². The first-order chi connectivity index (χ1) is 6.99. The quantitative estimate of drug-likeness (QED) is 0.825. The second kappa shape index (κ2) is 5.10. The van der Waals surface area contributed by atoms with Crippen molar-refractivity contribution in [1.82, 2.24) is 9.97 Å². The fourth-order valence-corrected chi connectivity index (χ4v) is 1.67. The van der Waals surface area contributed by atoms with Gasteiger partial charge in [-0.05, 0) is 33.1 Å². The molecule has 0 bridgehead atoms. The van der Waals surface area contributed by atoms with Gasteiger partial charge >= 0.3 is 0 Å². The lowest BCUT2D eigenvalue weighted by molar-refractivity contribution is 0.538. The first kappa shape index (κ1) is 12.0. The molecule has 15 heavy (non-hydrogen) atoms. The van der Waals surface area contributed by atoms with E-state index in [1.807, 2.05) is 13.8 Å². The fourth-order valence-electron chi connectivity index (χ4n) is 1.67. The Bertz CT molecular complexity index is 321. The third-order valence-electron chi connectivity index (χ3n) is 2.28. The molecule has 1 aromatic heterocycles. The Hall–Kier alpha value is -1.12. The monoisotopic (exact) mass is 207 g/mol. The summed E-state index contributed by atoms with van der Waals surface area (Å²) in [6.07, 6.45) is 2.95. The molecule has 1 N–H and O–H groups in total. The normalized spacial score (nSPS) is 12.9. The lowest BCUT2D eigenvalue weighted by Gasteiger charge is -2.17. The van der Waals surface area contributed by atoms with Gasteiger partial charge in [-0.3, -0.25) is 4.98 Å². The largest absolute Gasteiger partial charge is 0.366 e. The Labute approximate surface area is 92.3 Å². The summed E-state index contributed by atoms with van der Waals surface area (Å²) in [6, 6.07) is 0.444. The Morgan fingerprint density at radius 3 is 2.53 bits per heavy atom. The molecule has 0 fully saturated rings. The molecule has 1 rings (SSSR count). The third-order valence-corrected chi connectivity index (χ3v) is 2.28. The van der Waals surface area contributed by atoms with Crippen molar-refractivity contribution in [2.45, 2.75) is 47.1 Å². The van der Waals surface area contributed by atoms with Crippen LogP contribution in [0.4, 0.5) is 5.82 Å². The smallest absolute Gasteiger partial charge is 0.147 e. The van der Waals surface area contributed by atoms with Crippen LogP contribution in [0.5, 0.6) is 0 Å². The summed E-state index contributed by atoms with van der Waals surface area (Å²) in [5.74, 6) is 1.62. The predicted molar refractivity (Wildman–Crippen MR) is 64.0 cm³/mol. The molecule has 0 radical (unpaired) electrons. The zero-order valence-corrected chi connectivity index (χ0v) is 10.3. The summed E-state index contributed by atoms with van der Waals surface area (Å²) in [7, 11) is 0. The number of hydrogen-bond acceptors (Lipinski definition) is 3. The highest BCUT2D eigenvalue weighted by molar-refractivity contribution is 5.40. The van der Waals surface area contributed by atoms with E-state index >= 15 is 0 Å². The van der Waals surface area contributed by atoms with Crippen molar-refractivity contribution in [2.75, 3.05) is 5.32 Å². The zero-order chi connectivity index (χ0) is 11.4. The van der Waals surface area contributed by atoms with E-state index in [9.17, 15) is 0 Å². The van der Waals surface area contributed by atoms with Crippen LogP contribution in [0.15, 0.2) is 6.20 Å². The molecular weight excluding hydrogens is 186 g/mol. The van der Waals surface area contributed by atoms with Crippen LogP contribution in [-0.2, 0) is 0 Å². The molecule has 1 heterocycles. The van der Waals surface area contributed by atoms with E-state index < -0.39 is 0 Å². The molecule has 1 aromatic rings. The van der Waals surface area contributed by atoms with E-state index in [4.69, 9.17) is 0 Å². The molecule has 0 spiro atoms. The minimum Gasteiger partial charge on any atom is -0.366 e. The van der Waals surface area contributed by atoms with Gasteiger partial charge in [0.25, 0.3) is 0 Å². The minimum absolute atomic E-state index is 0.444. The van der Waals surface area contributed by atoms with Crippen LogP contribution >= 0.6 is 0 Å². The van der Waals surface area contributed by atoms with Gasteiger partial charge in [0.1, 0.15) is 5.82 Å². The van der Waals surface area contributed by atoms with E-state index in [2.05, 4.69) is 36.1 Å². The van der Waals surface area contributed by atoms with E-state index in [0.29, 0.717) is 12.0 Å². The second-order valence-corrected chi connectivity index (χ2v) is 4.62. The van der Waals surface area contributed by atoms with Gasteiger partial charge in [0.15, 0.2) is 0 Å². The number of aromatic nitrogens is 2. The first-order valence-electron chi connectivity index (χ1n) is 5.55. The van der Waals surface area contributed by atoms with Gasteiger partial charge in [0, 0.05) is 12.2 Å². The molecule has 84 valence electrons. The molecule has 3 heteroatoms. The van der Waals surface area contributed by atoms with Crippen molar-refractivity contribution in [2.24, 2.45) is 5.92 Å². The molecule has 1 atom stereocenters. The Morgan fingerprint density at radius 1 is 1.27 bits per heavy atom. The average molecular weight is 207 g/mol. The number of nitrogens with one attached hydrogen (secondary N) is 1. The molecule has 0 saturated heterocycles. The van der Waals surface area contributed by atoms with Gasteiger partial charge in [-0.15, -0.1) is 0 Å². The maximum atomic E-state index is 4.45. The molecule has 0 aromatic carbocycles. The highest BCUT2D eigenvalue weighted by Gasteiger charge is 2.08. The third kappa shape index (κ3) is 3.86. The van der Waals surface area contributed by atoms with Gasteiger partial charge < -0.3 is 5.32 Å². The van der Waals surface area contributed by atoms with E-state index in [1.54, 1.807) is 6.20 Å². The van der Waals surface area contributed by atoms with Gasteiger partial charge in [-0.2, -0.15) is 0 Å². The van der Waals surface area contributed by atoms with Crippen LogP contribution < -0.4 is 5.32 Å². The van der Waals surface area contributed by atoms with Crippen LogP contribution in [0.1, 0.15) is 38.6 Å². The molecule has 0 aliphatic carbocycles. The van der Waals surface area contributed by atoms with E-state index in [0.717, 1.165) is 23.6 Å². The van der Waals surface area contributed by atoms with E-state index in [1.165, 1.54) is 0 Å². The topological polar surface area (TPSA) is 37.8 Å². The van der Waals surface area contributed by atoms with Crippen molar-refractivity contribution >= 4 is 5.82 Å². The maximum Gasteiger partial charge on any atom is 0.147 e. The van der Waals surface area contributed by atoms with E-state index in [-0.39, 0.29) is 0 Å². The van der Waals surface area contributed by atoms with Crippen molar-refractivity contribution < 1.29 is 0 Å². The Kier molecular flexibility index (Phi) is 4.06. The van der Waals surface area contributed by atoms with Crippen LogP contribution in [0.25, 0.3) is 0 Å². The Morgan fingerprint density at radius 2 is 1.93 bits per heavy atom. The second-order valence-electron chi connectivity index (χ2n) is 4.62. The predicted octanol–water partition coefficient (Wildman–Crippen LogP) is 2.94. The van der Waals surface area contributed by atoms with Gasteiger partial charge in [0.05, 0.1) is 11.4 Å². The molecule has 0 saturated carbocycles. The Balaban J connectivity index is 2.67. The highest BCUT2D eigenvalue weighted by atomic mass is 15.0. The number of aryl methyl sites for hydroxylation is 2. The van der Waals surface area contributed by atoms with Crippen molar-refractivity contribution in [1.29, 1.82) is 0 Å². The summed E-state index contributed by atoms with van der Waals surface area (Å²) in [4.78, 5) is 8.73. The molecule has 1 unspecified atom stereocenters. The maximum absolute atomic E-state index is 4.45. The number of hydrogen-bond donors (Lipinski definition) is 1. The fraction of sp³-hybridized carbons (Fsp3) is 0.667. The SMILES string of the molecule is Cc1cnc(C)c(NC(C)CC(C)C)n1. The first-order valence-corrected chi connectivity index (χ1v) is 5.55. The number of anilines is 1. The van der Waals surface area contributed by atoms with Crippen molar-refractivity contribution in [3.63, 3.8) is 0 Å². The lowest BCUT2D eigenvalue weighted by atomic mass is 10.1. The molecule has 0 amide bonds. The molecule has 3 nitrogen and oxygen atoms in total. The van der Waals surface area contributed by atoms with Crippen LogP contribution in [0.2, 0.25) is 0 Å². The summed E-state index contributed by atoms with van der Waals surface area (Å²) in [5, 5.41) is 3.41. The number of nitrogens with zero attached hydrogens (tertiary/aromatic N) is 2. The van der Waals surface area contributed by atoms with Crippen LogP contribution in [-0.4, -0.2) is 16.0 Å². The van der Waals surface area contributed by atoms with Gasteiger partial charge in [-0.1, -0.05) is 13.8 Å². The van der Waals surface area contributed by atoms with Crippen molar-refractivity contribution in [3.8, 4) is 0 Å². The molecular formula is C12H21N3. The highest BCUT2D eigenvalue weighted by Crippen LogP contribution is 2.13. The average Bonchev–Trinajstić information content (AvgIpc) is 2.10. The number of rotatable bonds is 4. The van der Waals surface area contributed by atoms with Gasteiger partial charge in [0.2, 0.25) is 0 Å². The zero-order valence-electron chi connectivity index (χ0n) is 10.3. The summed E-state index contributed by atoms with van der Waals surface area (Å²) in [6.45, 7) is 10.6. The van der Waals surface area contributed by atoms with Crippen LogP contribution in [0.3, 0.4) is 0 Å². The summed E-state index contributed by atoms with van der Waals surface area (Å²) in [5.41, 5.74) is 1.93. The summed E-state index contributed by atoms with van der Waals surface area (Å²) < 4.78 is 0.